The molecule has 0 aliphatic heterocycles. The molecule has 23 heavy (non-hydrogen) atoms. The van der Waals surface area contributed by atoms with Crippen molar-refractivity contribution in [2.45, 2.75) is 51.8 Å². The van der Waals surface area contributed by atoms with E-state index in [0.717, 1.165) is 25.1 Å². The molecule has 0 bridgehead atoms. The molecule has 1 aromatic carbocycles. The molecular weight excluding hydrogens is 303 g/mol. The maximum atomic E-state index is 12.9. The first-order chi connectivity index (χ1) is 10.7. The van der Waals surface area contributed by atoms with E-state index < -0.39 is 17.3 Å². The third-order valence-electron chi connectivity index (χ3n) is 3.61. The van der Waals surface area contributed by atoms with Crippen LogP contribution in [0.4, 0.5) is 13.2 Å². The largest absolute Gasteiger partial charge is 0.417 e. The highest BCUT2D eigenvalue weighted by Gasteiger charge is 2.32. The van der Waals surface area contributed by atoms with Crippen molar-refractivity contribution < 1.29 is 18.0 Å². The van der Waals surface area contributed by atoms with Crippen LogP contribution in [0.5, 0.6) is 0 Å². The number of alkyl halides is 3. The molecule has 0 aliphatic carbocycles. The van der Waals surface area contributed by atoms with Crippen molar-refractivity contribution >= 4 is 6.21 Å². The third-order valence-corrected chi connectivity index (χ3v) is 3.61. The topological polar surface area (TPSA) is 21.6 Å². The zero-order valence-corrected chi connectivity index (χ0v) is 13.9. The lowest BCUT2D eigenvalue weighted by atomic mass is 9.96. The summed E-state index contributed by atoms with van der Waals surface area (Å²) in [7, 11) is 0. The molecule has 1 aromatic rings. The van der Waals surface area contributed by atoms with Crippen molar-refractivity contribution in [2.24, 2.45) is 11.1 Å². The lowest BCUT2D eigenvalue weighted by molar-refractivity contribution is -0.137. The molecule has 0 aromatic heterocycles. The average molecular weight is 327 g/mol. The highest BCUT2D eigenvalue weighted by atomic mass is 19.4. The summed E-state index contributed by atoms with van der Waals surface area (Å²) in [6.07, 6.45) is 1.03. The summed E-state index contributed by atoms with van der Waals surface area (Å²) in [5, 5.41) is 3.76. The second-order valence-electron chi connectivity index (χ2n) is 6.21. The predicted octanol–water partition coefficient (Wildman–Crippen LogP) is 5.83. The molecule has 2 nitrogen and oxygen atoms in total. The highest BCUT2D eigenvalue weighted by Crippen LogP contribution is 2.31. The Bertz CT molecular complexity index is 537. The first kappa shape index (κ1) is 19.3. The lowest BCUT2D eigenvalue weighted by Crippen LogP contribution is -2.23. The molecule has 128 valence electrons. The van der Waals surface area contributed by atoms with Crippen molar-refractivity contribution in [1.82, 2.24) is 0 Å². The van der Waals surface area contributed by atoms with Crippen LogP contribution in [0.25, 0.3) is 0 Å². The van der Waals surface area contributed by atoms with Gasteiger partial charge >= 0.3 is 6.18 Å². The summed E-state index contributed by atoms with van der Waals surface area (Å²) in [4.78, 5) is 5.42. The molecule has 0 fully saturated rings. The smallest absolute Gasteiger partial charge is 0.385 e. The zero-order valence-electron chi connectivity index (χ0n) is 13.9. The van der Waals surface area contributed by atoms with Gasteiger partial charge in [0.1, 0.15) is 0 Å². The van der Waals surface area contributed by atoms with Crippen LogP contribution in [0, 0.1) is 5.92 Å². The fourth-order valence-corrected chi connectivity index (χ4v) is 2.12. The molecule has 0 N–H and O–H groups in total. The number of hydrogen-bond donors (Lipinski definition) is 0. The van der Waals surface area contributed by atoms with Gasteiger partial charge in [0.25, 0.3) is 0 Å². The molecule has 0 spiro atoms. The van der Waals surface area contributed by atoms with E-state index in [-0.39, 0.29) is 5.56 Å². The summed E-state index contributed by atoms with van der Waals surface area (Å²) in [6, 6.07) is 5.27. The predicted molar refractivity (Wildman–Crippen MR) is 87.4 cm³/mol. The Hall–Kier alpha value is -1.78. The Morgan fingerprint density at radius 1 is 1.26 bits per heavy atom. The van der Waals surface area contributed by atoms with E-state index in [2.05, 4.69) is 25.6 Å². The van der Waals surface area contributed by atoms with Crippen LogP contribution in [0.2, 0.25) is 0 Å². The first-order valence-electron chi connectivity index (χ1n) is 7.69. The minimum Gasteiger partial charge on any atom is -0.385 e. The fourth-order valence-electron chi connectivity index (χ4n) is 2.12. The standard InChI is InChI=1S/C18H24F3NO/c1-5-17(4,12-8-9-14(2)3)23-22-13-15-10-6-7-11-16(15)18(19,20)21/h5-7,10-11,13-14H,1,8-9,12H2,2-4H3. The Kier molecular flexibility index (Phi) is 6.85. The van der Waals surface area contributed by atoms with Crippen molar-refractivity contribution in [2.75, 3.05) is 0 Å². The van der Waals surface area contributed by atoms with Gasteiger partial charge in [-0.2, -0.15) is 13.2 Å². The summed E-state index contributed by atoms with van der Waals surface area (Å²) in [6.45, 7) is 9.84. The molecule has 0 heterocycles. The number of nitrogens with zero attached hydrogens (tertiary/aromatic N) is 1. The molecule has 1 unspecified atom stereocenters. The monoisotopic (exact) mass is 327 g/mol. The van der Waals surface area contributed by atoms with E-state index in [1.807, 2.05) is 6.92 Å². The summed E-state index contributed by atoms with van der Waals surface area (Å²) in [5.41, 5.74) is -1.43. The minimum absolute atomic E-state index is 0.0198. The Morgan fingerprint density at radius 3 is 2.48 bits per heavy atom. The highest BCUT2D eigenvalue weighted by molar-refractivity contribution is 5.81. The maximum Gasteiger partial charge on any atom is 0.417 e. The summed E-state index contributed by atoms with van der Waals surface area (Å²) >= 11 is 0. The van der Waals surface area contributed by atoms with Gasteiger partial charge in [0.2, 0.25) is 0 Å². The molecule has 5 heteroatoms. The minimum atomic E-state index is -4.42. The van der Waals surface area contributed by atoms with Crippen molar-refractivity contribution in [3.05, 3.63) is 48.0 Å². The number of rotatable bonds is 8. The number of halogens is 3. The van der Waals surface area contributed by atoms with E-state index in [9.17, 15) is 13.2 Å². The molecule has 0 saturated heterocycles. The zero-order chi connectivity index (χ0) is 17.5. The average Bonchev–Trinajstić information content (AvgIpc) is 2.46. The van der Waals surface area contributed by atoms with Crippen molar-refractivity contribution in [3.8, 4) is 0 Å². The SMILES string of the molecule is C=CC(C)(CCCC(C)C)ON=Cc1ccccc1C(F)(F)F. The molecule has 0 radical (unpaired) electrons. The van der Waals surface area contributed by atoms with E-state index in [1.54, 1.807) is 6.08 Å². The maximum absolute atomic E-state index is 12.9. The second kappa shape index (κ2) is 8.18. The van der Waals surface area contributed by atoms with E-state index in [1.165, 1.54) is 18.2 Å². The quantitative estimate of drug-likeness (QED) is 0.334. The van der Waals surface area contributed by atoms with Crippen molar-refractivity contribution in [3.63, 3.8) is 0 Å². The van der Waals surface area contributed by atoms with Gasteiger partial charge in [-0.15, -0.1) is 0 Å². The Morgan fingerprint density at radius 2 is 1.91 bits per heavy atom. The molecule has 0 aliphatic rings. The molecule has 0 saturated carbocycles. The van der Waals surface area contributed by atoms with Gasteiger partial charge in [-0.1, -0.05) is 50.2 Å². The number of oxime groups is 1. The van der Waals surface area contributed by atoms with Gasteiger partial charge in [-0.05, 0) is 37.8 Å². The summed E-state index contributed by atoms with van der Waals surface area (Å²) < 4.78 is 38.7. The normalized spacial score (nSPS) is 14.9. The van der Waals surface area contributed by atoms with Gasteiger partial charge < -0.3 is 4.84 Å². The van der Waals surface area contributed by atoms with Gasteiger partial charge in [0.15, 0.2) is 5.60 Å². The van der Waals surface area contributed by atoms with Crippen LogP contribution >= 0.6 is 0 Å². The first-order valence-corrected chi connectivity index (χ1v) is 7.69. The van der Waals surface area contributed by atoms with Gasteiger partial charge in [-0.3, -0.25) is 0 Å². The van der Waals surface area contributed by atoms with Crippen LogP contribution in [0.1, 0.15) is 51.2 Å². The Labute approximate surface area is 136 Å². The molecule has 0 amide bonds. The third kappa shape index (κ3) is 6.47. The fraction of sp³-hybridized carbons (Fsp3) is 0.500. The van der Waals surface area contributed by atoms with Crippen LogP contribution in [-0.4, -0.2) is 11.8 Å². The molecular formula is C18H24F3NO. The second-order valence-corrected chi connectivity index (χ2v) is 6.21. The summed E-state index contributed by atoms with van der Waals surface area (Å²) in [5.74, 6) is 0.589. The molecule has 1 atom stereocenters. The number of benzene rings is 1. The van der Waals surface area contributed by atoms with Crippen LogP contribution in [-0.2, 0) is 11.0 Å². The van der Waals surface area contributed by atoms with Crippen LogP contribution in [0.3, 0.4) is 0 Å². The van der Waals surface area contributed by atoms with Crippen LogP contribution in [0.15, 0.2) is 42.1 Å². The number of hydrogen-bond acceptors (Lipinski definition) is 2. The van der Waals surface area contributed by atoms with Gasteiger partial charge in [0.05, 0.1) is 11.8 Å². The van der Waals surface area contributed by atoms with E-state index >= 15 is 0 Å². The van der Waals surface area contributed by atoms with E-state index in [4.69, 9.17) is 4.84 Å². The van der Waals surface area contributed by atoms with Crippen molar-refractivity contribution in [1.29, 1.82) is 0 Å². The van der Waals surface area contributed by atoms with Crippen LogP contribution < -0.4 is 0 Å². The molecule has 1 rings (SSSR count). The van der Waals surface area contributed by atoms with Gasteiger partial charge in [-0.25, -0.2) is 0 Å². The van der Waals surface area contributed by atoms with Gasteiger partial charge in [0, 0.05) is 5.56 Å². The Balaban J connectivity index is 2.76. The van der Waals surface area contributed by atoms with E-state index in [0.29, 0.717) is 12.3 Å². The lowest BCUT2D eigenvalue weighted by Gasteiger charge is -2.23.